The quantitative estimate of drug-likeness (QED) is 0.153. The first kappa shape index (κ1) is 25.2. The number of nitrogens with zero attached hydrogens (tertiary/aromatic N) is 3. The van der Waals surface area contributed by atoms with Gasteiger partial charge in [-0.2, -0.15) is 0 Å². The van der Waals surface area contributed by atoms with Crippen molar-refractivity contribution in [3.8, 4) is 56.4 Å². The lowest BCUT2D eigenvalue weighted by molar-refractivity contribution is 1.08. The first-order valence-electron chi connectivity index (χ1n) is 15.6. The van der Waals surface area contributed by atoms with Crippen LogP contribution >= 0.6 is 0 Å². The molecule has 8 aromatic carbocycles. The largest absolute Gasteiger partial charge is 0.208 e. The molecule has 0 saturated heterocycles. The van der Waals surface area contributed by atoms with E-state index >= 15 is 0 Å². The molecule has 3 nitrogen and oxygen atoms in total. The van der Waals surface area contributed by atoms with E-state index < -0.39 is 0 Å². The molecule has 0 radical (unpaired) electrons. The van der Waals surface area contributed by atoms with Gasteiger partial charge < -0.3 is 0 Å². The van der Waals surface area contributed by atoms with Gasteiger partial charge in [0, 0.05) is 16.7 Å². The summed E-state index contributed by atoms with van der Waals surface area (Å²) in [6.07, 6.45) is 0. The van der Waals surface area contributed by atoms with Gasteiger partial charge in [-0.05, 0) is 77.5 Å². The molecule has 1 aliphatic rings. The highest BCUT2D eigenvalue weighted by molar-refractivity contribution is 6.19. The first-order valence-corrected chi connectivity index (χ1v) is 15.6. The topological polar surface area (TPSA) is 38.7 Å². The predicted molar refractivity (Wildman–Crippen MR) is 191 cm³/mol. The maximum atomic E-state index is 5.28. The van der Waals surface area contributed by atoms with Crippen LogP contribution in [0, 0.1) is 0 Å². The Bertz CT molecular complexity index is 2690. The van der Waals surface area contributed by atoms with E-state index in [-0.39, 0.29) is 0 Å². The molecule has 0 N–H and O–H groups in total. The number of rotatable bonds is 3. The van der Waals surface area contributed by atoms with E-state index in [0.717, 1.165) is 32.8 Å². The lowest BCUT2D eigenvalue weighted by atomic mass is 9.93. The Labute approximate surface area is 265 Å². The number of benzene rings is 8. The second kappa shape index (κ2) is 9.65. The van der Waals surface area contributed by atoms with Crippen LogP contribution in [0.25, 0.3) is 99.5 Å². The van der Waals surface area contributed by atoms with Crippen molar-refractivity contribution in [1.82, 2.24) is 15.0 Å². The summed E-state index contributed by atoms with van der Waals surface area (Å²) in [7, 11) is 0. The Hall–Kier alpha value is -6.19. The van der Waals surface area contributed by atoms with Crippen LogP contribution in [0.1, 0.15) is 0 Å². The zero-order chi connectivity index (χ0) is 30.2. The van der Waals surface area contributed by atoms with Crippen molar-refractivity contribution in [3.63, 3.8) is 0 Å². The van der Waals surface area contributed by atoms with Crippen molar-refractivity contribution in [2.45, 2.75) is 0 Å². The molecule has 1 aliphatic carbocycles. The summed E-state index contributed by atoms with van der Waals surface area (Å²) in [5.74, 6) is 2.00. The molecule has 9 aromatic rings. The van der Waals surface area contributed by atoms with Crippen molar-refractivity contribution in [2.75, 3.05) is 0 Å². The van der Waals surface area contributed by atoms with Crippen LogP contribution in [0.3, 0.4) is 0 Å². The van der Waals surface area contributed by atoms with Crippen LogP contribution in [0.4, 0.5) is 0 Å². The Morgan fingerprint density at radius 3 is 1.78 bits per heavy atom. The molecular weight excluding hydrogens is 558 g/mol. The molecule has 10 rings (SSSR count). The van der Waals surface area contributed by atoms with Crippen molar-refractivity contribution in [1.29, 1.82) is 0 Å². The average Bonchev–Trinajstić information content (AvgIpc) is 3.45. The number of aromatic nitrogens is 3. The fourth-order valence-electron chi connectivity index (χ4n) is 7.33. The average molecular weight is 584 g/mol. The highest BCUT2D eigenvalue weighted by Gasteiger charge is 2.23. The van der Waals surface area contributed by atoms with Crippen molar-refractivity contribution >= 4 is 43.1 Å². The van der Waals surface area contributed by atoms with E-state index in [9.17, 15) is 0 Å². The van der Waals surface area contributed by atoms with Crippen LogP contribution < -0.4 is 0 Å². The third-order valence-corrected chi connectivity index (χ3v) is 9.42. The van der Waals surface area contributed by atoms with Gasteiger partial charge in [0.05, 0.1) is 0 Å². The van der Waals surface area contributed by atoms with Crippen LogP contribution in [0.2, 0.25) is 0 Å². The van der Waals surface area contributed by atoms with Crippen molar-refractivity contribution in [2.24, 2.45) is 0 Å². The van der Waals surface area contributed by atoms with Crippen molar-refractivity contribution in [3.05, 3.63) is 152 Å². The van der Waals surface area contributed by atoms with Gasteiger partial charge in [0.2, 0.25) is 0 Å². The van der Waals surface area contributed by atoms with E-state index in [1.165, 1.54) is 49.2 Å². The van der Waals surface area contributed by atoms with E-state index in [1.807, 2.05) is 18.2 Å². The minimum atomic E-state index is 0.661. The Morgan fingerprint density at radius 2 is 0.957 bits per heavy atom. The van der Waals surface area contributed by atoms with Gasteiger partial charge in [0.1, 0.15) is 0 Å². The molecule has 0 amide bonds. The molecule has 3 heteroatoms. The van der Waals surface area contributed by atoms with Gasteiger partial charge in [-0.15, -0.1) is 0 Å². The molecular formula is C43H25N3. The standard InChI is InChI=1S/C43H25N3/c1-2-11-28(12-3-1)41-44-42(30-21-22-33-34-18-8-14-27-15-9-19-35(39(27)34)38(33)25-30)46-43(45-41)40-32-17-7-5-13-29(32)24-37-31-16-6-4-10-26(31)20-23-36(37)40/h1-25H. The molecule has 0 saturated carbocycles. The third kappa shape index (κ3) is 3.69. The zero-order valence-electron chi connectivity index (χ0n) is 24.8. The molecule has 0 aliphatic heterocycles. The molecule has 0 atom stereocenters. The van der Waals surface area contributed by atoms with Crippen LogP contribution in [0.5, 0.6) is 0 Å². The summed E-state index contributed by atoms with van der Waals surface area (Å²) < 4.78 is 0. The molecule has 1 heterocycles. The number of fused-ring (bicyclic) bond motifs is 7. The summed E-state index contributed by atoms with van der Waals surface area (Å²) in [4.78, 5) is 15.6. The molecule has 0 bridgehead atoms. The second-order valence-electron chi connectivity index (χ2n) is 12.0. The summed E-state index contributed by atoms with van der Waals surface area (Å²) in [5.41, 5.74) is 7.97. The van der Waals surface area contributed by atoms with Gasteiger partial charge in [-0.1, -0.05) is 140 Å². The van der Waals surface area contributed by atoms with Gasteiger partial charge in [-0.3, -0.25) is 0 Å². The van der Waals surface area contributed by atoms with Crippen LogP contribution in [0.15, 0.2) is 152 Å². The highest BCUT2D eigenvalue weighted by atomic mass is 15.0. The number of hydrogen-bond acceptors (Lipinski definition) is 3. The zero-order valence-corrected chi connectivity index (χ0v) is 24.8. The number of hydrogen-bond donors (Lipinski definition) is 0. The summed E-state index contributed by atoms with van der Waals surface area (Å²) in [6, 6.07) is 53.8. The fraction of sp³-hybridized carbons (Fsp3) is 0. The monoisotopic (exact) mass is 583 g/mol. The van der Waals surface area contributed by atoms with E-state index in [2.05, 4.69) is 133 Å². The molecule has 0 spiro atoms. The maximum Gasteiger partial charge on any atom is 0.165 e. The second-order valence-corrected chi connectivity index (χ2v) is 12.0. The van der Waals surface area contributed by atoms with Crippen LogP contribution in [-0.2, 0) is 0 Å². The normalized spacial score (nSPS) is 11.9. The van der Waals surface area contributed by atoms with E-state index in [4.69, 9.17) is 15.0 Å². The molecule has 212 valence electrons. The Balaban J connectivity index is 1.26. The maximum absolute atomic E-state index is 5.28. The van der Waals surface area contributed by atoms with E-state index in [1.54, 1.807) is 0 Å². The minimum absolute atomic E-state index is 0.661. The smallest absolute Gasteiger partial charge is 0.165 e. The summed E-state index contributed by atoms with van der Waals surface area (Å²) >= 11 is 0. The van der Waals surface area contributed by atoms with Gasteiger partial charge in [0.15, 0.2) is 17.5 Å². The molecule has 0 fully saturated rings. The highest BCUT2D eigenvalue weighted by Crippen LogP contribution is 2.48. The minimum Gasteiger partial charge on any atom is -0.208 e. The molecule has 1 aromatic heterocycles. The summed E-state index contributed by atoms with van der Waals surface area (Å²) in [5, 5.41) is 9.61. The van der Waals surface area contributed by atoms with Gasteiger partial charge in [0.25, 0.3) is 0 Å². The lowest BCUT2D eigenvalue weighted by Crippen LogP contribution is -2.01. The van der Waals surface area contributed by atoms with Crippen LogP contribution in [-0.4, -0.2) is 15.0 Å². The SMILES string of the molecule is c1ccc(-c2nc(-c3ccc4c(c3)-c3cccc5cccc-4c35)nc(-c3c4ccccc4cc4c3ccc3ccccc34)n2)cc1. The van der Waals surface area contributed by atoms with E-state index in [0.29, 0.717) is 17.5 Å². The first-order chi connectivity index (χ1) is 22.8. The van der Waals surface area contributed by atoms with Gasteiger partial charge >= 0.3 is 0 Å². The lowest BCUT2D eigenvalue weighted by Gasteiger charge is -2.15. The third-order valence-electron chi connectivity index (χ3n) is 9.42. The van der Waals surface area contributed by atoms with Gasteiger partial charge in [-0.25, -0.2) is 15.0 Å². The Morgan fingerprint density at radius 1 is 0.304 bits per heavy atom. The summed E-state index contributed by atoms with van der Waals surface area (Å²) in [6.45, 7) is 0. The Kier molecular flexibility index (Phi) is 5.28. The molecule has 46 heavy (non-hydrogen) atoms. The van der Waals surface area contributed by atoms with Crippen molar-refractivity contribution < 1.29 is 0 Å². The predicted octanol–water partition coefficient (Wildman–Crippen LogP) is 11.1. The molecule has 0 unspecified atom stereocenters. The fourth-order valence-corrected chi connectivity index (χ4v) is 7.33.